The number of benzene rings is 3. The number of amides is 1. The van der Waals surface area contributed by atoms with Crippen LogP contribution in [0.1, 0.15) is 33.9 Å². The van der Waals surface area contributed by atoms with Gasteiger partial charge in [-0.1, -0.05) is 36.4 Å². The molecule has 0 saturated carbocycles. The van der Waals surface area contributed by atoms with Crippen molar-refractivity contribution in [2.75, 3.05) is 26.6 Å². The van der Waals surface area contributed by atoms with Crippen LogP contribution in [-0.4, -0.2) is 42.0 Å². The maximum atomic E-state index is 13.5. The number of para-hydroxylation sites is 1. The van der Waals surface area contributed by atoms with Gasteiger partial charge in [0.05, 0.1) is 26.0 Å². The van der Waals surface area contributed by atoms with E-state index in [1.54, 1.807) is 14.2 Å². The predicted molar refractivity (Wildman–Crippen MR) is 136 cm³/mol. The molecule has 1 aliphatic rings. The van der Waals surface area contributed by atoms with E-state index in [0.717, 1.165) is 56.8 Å². The minimum atomic E-state index is -0.232. The van der Waals surface area contributed by atoms with Gasteiger partial charge < -0.3 is 18.9 Å². The van der Waals surface area contributed by atoms with E-state index in [1.807, 2.05) is 53.4 Å². The molecule has 174 valence electrons. The van der Waals surface area contributed by atoms with E-state index in [9.17, 15) is 4.79 Å². The van der Waals surface area contributed by atoms with Crippen LogP contribution in [0.15, 0.2) is 66.7 Å². The van der Waals surface area contributed by atoms with Crippen molar-refractivity contribution in [3.05, 3.63) is 83.4 Å². The first-order valence-corrected chi connectivity index (χ1v) is 11.9. The first-order valence-electron chi connectivity index (χ1n) is 11.4. The van der Waals surface area contributed by atoms with Gasteiger partial charge in [0, 0.05) is 47.1 Å². The lowest BCUT2D eigenvalue weighted by atomic mass is 9.92. The minimum Gasteiger partial charge on any atom is -0.497 e. The summed E-state index contributed by atoms with van der Waals surface area (Å²) in [6.45, 7) is 0.583. The number of ether oxygens (including phenoxy) is 2. The highest BCUT2D eigenvalue weighted by atomic mass is 35.5. The molecule has 1 atom stereocenters. The van der Waals surface area contributed by atoms with Gasteiger partial charge in [0.25, 0.3) is 5.91 Å². The standard InChI is InChI=1S/C28H27ClN2O3/c1-30-23-12-7-6-11-21(23)25(26(30)22-17-18(33-2)13-14-24(22)34-3)27-19-9-4-5-10-20(19)28(32)31(27)16-8-15-29/h4-7,9-14,17,27H,8,15-16H2,1-3H3/t27-/m1/s1. The zero-order valence-electron chi connectivity index (χ0n) is 19.5. The van der Waals surface area contributed by atoms with Gasteiger partial charge in [-0.25, -0.2) is 0 Å². The molecule has 0 aliphatic carbocycles. The van der Waals surface area contributed by atoms with E-state index in [1.165, 1.54) is 0 Å². The molecule has 6 heteroatoms. The molecule has 0 unspecified atom stereocenters. The summed E-state index contributed by atoms with van der Waals surface area (Å²) >= 11 is 6.06. The lowest BCUT2D eigenvalue weighted by molar-refractivity contribution is 0.0751. The smallest absolute Gasteiger partial charge is 0.255 e. The van der Waals surface area contributed by atoms with E-state index in [-0.39, 0.29) is 11.9 Å². The molecule has 0 radical (unpaired) electrons. The quantitative estimate of drug-likeness (QED) is 0.307. The Bertz CT molecular complexity index is 1380. The number of rotatable bonds is 7. The average molecular weight is 475 g/mol. The Balaban J connectivity index is 1.85. The Morgan fingerprint density at radius 1 is 0.941 bits per heavy atom. The number of halogens is 1. The molecule has 4 aromatic rings. The topological polar surface area (TPSA) is 43.7 Å². The summed E-state index contributed by atoms with van der Waals surface area (Å²) in [6, 6.07) is 21.8. The van der Waals surface area contributed by atoms with Crippen LogP contribution in [0.3, 0.4) is 0 Å². The van der Waals surface area contributed by atoms with Gasteiger partial charge in [-0.3, -0.25) is 4.79 Å². The molecule has 5 rings (SSSR count). The monoisotopic (exact) mass is 474 g/mol. The predicted octanol–water partition coefficient (Wildman–Crippen LogP) is 6.04. The fraction of sp³-hybridized carbons (Fsp3) is 0.250. The molecule has 0 bridgehead atoms. The van der Waals surface area contributed by atoms with Crippen LogP contribution in [-0.2, 0) is 7.05 Å². The Kier molecular flexibility index (Phi) is 5.96. The van der Waals surface area contributed by atoms with Crippen molar-refractivity contribution < 1.29 is 14.3 Å². The van der Waals surface area contributed by atoms with Crippen molar-refractivity contribution in [2.45, 2.75) is 12.5 Å². The summed E-state index contributed by atoms with van der Waals surface area (Å²) < 4.78 is 13.5. The lowest BCUT2D eigenvalue weighted by Crippen LogP contribution is -2.30. The number of hydrogen-bond acceptors (Lipinski definition) is 3. The van der Waals surface area contributed by atoms with Crippen LogP contribution in [0.5, 0.6) is 11.5 Å². The molecule has 1 aromatic heterocycles. The Labute approximate surface area is 204 Å². The second-order valence-corrected chi connectivity index (χ2v) is 8.81. The number of alkyl halides is 1. The van der Waals surface area contributed by atoms with E-state index < -0.39 is 0 Å². The van der Waals surface area contributed by atoms with E-state index in [0.29, 0.717) is 12.4 Å². The van der Waals surface area contributed by atoms with E-state index in [2.05, 4.69) is 29.8 Å². The molecule has 1 aliphatic heterocycles. The van der Waals surface area contributed by atoms with Crippen LogP contribution in [0.4, 0.5) is 0 Å². The van der Waals surface area contributed by atoms with Gasteiger partial charge in [0.2, 0.25) is 0 Å². The summed E-state index contributed by atoms with van der Waals surface area (Å²) in [5, 5.41) is 1.11. The number of carbonyl (C=O) groups excluding carboxylic acids is 1. The van der Waals surface area contributed by atoms with Crippen LogP contribution in [0.25, 0.3) is 22.2 Å². The van der Waals surface area contributed by atoms with Crippen LogP contribution < -0.4 is 9.47 Å². The number of methoxy groups -OCH3 is 2. The Hall–Kier alpha value is -3.44. The maximum Gasteiger partial charge on any atom is 0.255 e. The number of carbonyl (C=O) groups is 1. The number of fused-ring (bicyclic) bond motifs is 2. The summed E-state index contributed by atoms with van der Waals surface area (Å²) in [5.74, 6) is 2.04. The average Bonchev–Trinajstić information content (AvgIpc) is 3.32. The fourth-order valence-corrected chi connectivity index (χ4v) is 5.29. The Morgan fingerprint density at radius 2 is 1.71 bits per heavy atom. The second kappa shape index (κ2) is 9.07. The number of aromatic nitrogens is 1. The van der Waals surface area contributed by atoms with E-state index >= 15 is 0 Å². The van der Waals surface area contributed by atoms with Crippen molar-refractivity contribution in [3.63, 3.8) is 0 Å². The molecular weight excluding hydrogens is 448 g/mol. The normalized spacial score (nSPS) is 15.1. The maximum absolute atomic E-state index is 13.5. The molecule has 5 nitrogen and oxygen atoms in total. The van der Waals surface area contributed by atoms with Crippen molar-refractivity contribution in [2.24, 2.45) is 7.05 Å². The largest absolute Gasteiger partial charge is 0.497 e. The number of hydrogen-bond donors (Lipinski definition) is 0. The minimum absolute atomic E-state index is 0.0437. The Morgan fingerprint density at radius 3 is 2.47 bits per heavy atom. The van der Waals surface area contributed by atoms with Crippen molar-refractivity contribution >= 4 is 28.4 Å². The van der Waals surface area contributed by atoms with Gasteiger partial charge in [-0.05, 0) is 42.3 Å². The van der Waals surface area contributed by atoms with Gasteiger partial charge >= 0.3 is 0 Å². The summed E-state index contributed by atoms with van der Waals surface area (Å²) in [6.07, 6.45) is 0.723. The van der Waals surface area contributed by atoms with Crippen molar-refractivity contribution in [1.29, 1.82) is 0 Å². The second-order valence-electron chi connectivity index (χ2n) is 8.44. The van der Waals surface area contributed by atoms with Crippen LogP contribution >= 0.6 is 11.6 Å². The molecular formula is C28H27ClN2O3. The third-order valence-electron chi connectivity index (χ3n) is 6.67. The van der Waals surface area contributed by atoms with Crippen LogP contribution in [0, 0.1) is 0 Å². The lowest BCUT2D eigenvalue weighted by Gasteiger charge is -2.27. The number of aryl methyl sites for hydroxylation is 1. The van der Waals surface area contributed by atoms with Gasteiger partial charge in [-0.15, -0.1) is 11.6 Å². The highest BCUT2D eigenvalue weighted by Crippen LogP contribution is 2.48. The summed E-state index contributed by atoms with van der Waals surface area (Å²) in [5.41, 5.74) is 5.86. The zero-order valence-corrected chi connectivity index (χ0v) is 20.3. The molecule has 3 aromatic carbocycles. The third kappa shape index (κ3) is 3.43. The van der Waals surface area contributed by atoms with Crippen molar-refractivity contribution in [1.82, 2.24) is 9.47 Å². The first kappa shape index (κ1) is 22.4. The highest BCUT2D eigenvalue weighted by molar-refractivity contribution is 6.17. The van der Waals surface area contributed by atoms with E-state index in [4.69, 9.17) is 21.1 Å². The molecule has 0 N–H and O–H groups in total. The van der Waals surface area contributed by atoms with Crippen LogP contribution in [0.2, 0.25) is 0 Å². The molecule has 0 spiro atoms. The molecule has 34 heavy (non-hydrogen) atoms. The highest BCUT2D eigenvalue weighted by Gasteiger charge is 2.40. The SMILES string of the molecule is COc1ccc(OC)c(-c2c([C@H]3c4ccccc4C(=O)N3CCCCl)c3ccccc3n2C)c1. The molecule has 2 heterocycles. The molecule has 0 saturated heterocycles. The number of nitrogens with zero attached hydrogens (tertiary/aromatic N) is 2. The van der Waals surface area contributed by atoms with Gasteiger partial charge in [0.15, 0.2) is 0 Å². The first-order chi connectivity index (χ1) is 16.6. The zero-order chi connectivity index (χ0) is 23.8. The molecule has 0 fully saturated rings. The summed E-state index contributed by atoms with van der Waals surface area (Å²) in [4.78, 5) is 15.5. The fourth-order valence-electron chi connectivity index (χ4n) is 5.17. The molecule has 1 amide bonds. The summed E-state index contributed by atoms with van der Waals surface area (Å²) in [7, 11) is 5.40. The van der Waals surface area contributed by atoms with Crippen molar-refractivity contribution in [3.8, 4) is 22.8 Å². The third-order valence-corrected chi connectivity index (χ3v) is 6.94. The van der Waals surface area contributed by atoms with Gasteiger partial charge in [0.1, 0.15) is 11.5 Å². The van der Waals surface area contributed by atoms with Gasteiger partial charge in [-0.2, -0.15) is 0 Å².